The van der Waals surface area contributed by atoms with Gasteiger partial charge in [0.25, 0.3) is 0 Å². The molecule has 1 aromatic carbocycles. The first-order valence-electron chi connectivity index (χ1n) is 6.58. The van der Waals surface area contributed by atoms with Gasteiger partial charge in [-0.25, -0.2) is 9.97 Å². The molecule has 3 aromatic rings. The summed E-state index contributed by atoms with van der Waals surface area (Å²) in [6.07, 6.45) is 3.64. The van der Waals surface area contributed by atoms with E-state index >= 15 is 0 Å². The van der Waals surface area contributed by atoms with E-state index in [0.29, 0.717) is 5.88 Å². The van der Waals surface area contributed by atoms with E-state index in [1.165, 1.54) is 0 Å². The Hall–Kier alpha value is -2.40. The molecule has 2 aromatic heterocycles. The monoisotopic (exact) mass is 297 g/mol. The number of rotatable bonds is 5. The average molecular weight is 297 g/mol. The van der Waals surface area contributed by atoms with Crippen LogP contribution in [-0.2, 0) is 6.54 Å². The van der Waals surface area contributed by atoms with Crippen LogP contribution in [0.2, 0.25) is 0 Å². The van der Waals surface area contributed by atoms with Crippen LogP contribution < -0.4 is 10.1 Å². The van der Waals surface area contributed by atoms with Gasteiger partial charge in [0, 0.05) is 41.6 Å². The fourth-order valence-corrected chi connectivity index (χ4v) is 2.60. The first-order valence-corrected chi connectivity index (χ1v) is 7.46. The molecule has 5 heteroatoms. The molecule has 106 valence electrons. The quantitative estimate of drug-likeness (QED) is 0.777. The smallest absolute Gasteiger partial charge is 0.212 e. The van der Waals surface area contributed by atoms with Gasteiger partial charge in [-0.15, -0.1) is 11.3 Å². The number of nitrogens with zero attached hydrogens (tertiary/aromatic N) is 2. The lowest BCUT2D eigenvalue weighted by Crippen LogP contribution is -2.00. The first kappa shape index (κ1) is 13.6. The van der Waals surface area contributed by atoms with Crippen molar-refractivity contribution in [2.45, 2.75) is 6.54 Å². The molecule has 1 N–H and O–H groups in total. The summed E-state index contributed by atoms with van der Waals surface area (Å²) in [5, 5.41) is 6.41. The van der Waals surface area contributed by atoms with Gasteiger partial charge in [-0.2, -0.15) is 0 Å². The van der Waals surface area contributed by atoms with Crippen molar-refractivity contribution in [3.63, 3.8) is 0 Å². The molecule has 0 aliphatic rings. The maximum atomic E-state index is 5.05. The Morgan fingerprint density at radius 1 is 1.19 bits per heavy atom. The SMILES string of the molecule is COc1ccc(CNc2cccc(-c3nccs3)c2)cn1. The largest absolute Gasteiger partial charge is 0.481 e. The van der Waals surface area contributed by atoms with Crippen LogP contribution in [-0.4, -0.2) is 17.1 Å². The molecule has 3 rings (SSSR count). The molecule has 21 heavy (non-hydrogen) atoms. The third-order valence-electron chi connectivity index (χ3n) is 3.05. The number of thiazole rings is 1. The standard InChI is InChI=1S/C16H15N3OS/c1-20-15-6-5-12(11-19-15)10-18-14-4-2-3-13(9-14)16-17-7-8-21-16/h2-9,11,18H,10H2,1H3. The summed E-state index contributed by atoms with van der Waals surface area (Å²) in [7, 11) is 1.62. The first-order chi connectivity index (χ1) is 10.3. The van der Waals surface area contributed by atoms with Crippen LogP contribution in [0, 0.1) is 0 Å². The minimum Gasteiger partial charge on any atom is -0.481 e. The fraction of sp³-hybridized carbons (Fsp3) is 0.125. The average Bonchev–Trinajstić information content (AvgIpc) is 3.08. The highest BCUT2D eigenvalue weighted by atomic mass is 32.1. The normalized spacial score (nSPS) is 10.3. The summed E-state index contributed by atoms with van der Waals surface area (Å²) >= 11 is 1.64. The number of nitrogens with one attached hydrogen (secondary N) is 1. The second-order valence-corrected chi connectivity index (χ2v) is 5.37. The molecule has 0 unspecified atom stereocenters. The Kier molecular flexibility index (Phi) is 4.12. The molecular weight excluding hydrogens is 282 g/mol. The van der Waals surface area contributed by atoms with Crippen LogP contribution in [0.1, 0.15) is 5.56 Å². The molecule has 0 saturated carbocycles. The zero-order valence-corrected chi connectivity index (χ0v) is 12.4. The summed E-state index contributed by atoms with van der Waals surface area (Å²) < 4.78 is 5.05. The molecule has 0 bridgehead atoms. The van der Waals surface area contributed by atoms with E-state index < -0.39 is 0 Å². The van der Waals surface area contributed by atoms with Crippen molar-refractivity contribution in [2.75, 3.05) is 12.4 Å². The minimum absolute atomic E-state index is 0.629. The zero-order chi connectivity index (χ0) is 14.5. The number of hydrogen-bond acceptors (Lipinski definition) is 5. The Morgan fingerprint density at radius 2 is 2.14 bits per heavy atom. The summed E-state index contributed by atoms with van der Waals surface area (Å²) in [5.41, 5.74) is 3.30. The lowest BCUT2D eigenvalue weighted by atomic mass is 10.2. The summed E-state index contributed by atoms with van der Waals surface area (Å²) in [4.78, 5) is 8.53. The molecule has 2 heterocycles. The van der Waals surface area contributed by atoms with Gasteiger partial charge in [-0.05, 0) is 17.7 Å². The van der Waals surface area contributed by atoms with Crippen molar-refractivity contribution in [1.82, 2.24) is 9.97 Å². The number of methoxy groups -OCH3 is 1. The van der Waals surface area contributed by atoms with Crippen LogP contribution in [0.4, 0.5) is 5.69 Å². The van der Waals surface area contributed by atoms with Gasteiger partial charge >= 0.3 is 0 Å². The van der Waals surface area contributed by atoms with E-state index in [9.17, 15) is 0 Å². The van der Waals surface area contributed by atoms with Crippen LogP contribution in [0.3, 0.4) is 0 Å². The number of ether oxygens (including phenoxy) is 1. The van der Waals surface area contributed by atoms with Crippen molar-refractivity contribution in [2.24, 2.45) is 0 Å². The number of anilines is 1. The molecule has 4 nitrogen and oxygen atoms in total. The van der Waals surface area contributed by atoms with Gasteiger partial charge in [-0.3, -0.25) is 0 Å². The Bertz CT molecular complexity index is 696. The van der Waals surface area contributed by atoms with Crippen molar-refractivity contribution in [1.29, 1.82) is 0 Å². The highest BCUT2D eigenvalue weighted by Gasteiger charge is 2.02. The van der Waals surface area contributed by atoms with Gasteiger partial charge in [0.05, 0.1) is 7.11 Å². The summed E-state index contributed by atoms with van der Waals surface area (Å²) in [5.74, 6) is 0.629. The summed E-state index contributed by atoms with van der Waals surface area (Å²) in [6, 6.07) is 12.1. The van der Waals surface area contributed by atoms with E-state index in [0.717, 1.165) is 28.4 Å². The number of benzene rings is 1. The lowest BCUT2D eigenvalue weighted by Gasteiger charge is -2.08. The molecular formula is C16H15N3OS. The maximum Gasteiger partial charge on any atom is 0.212 e. The second kappa shape index (κ2) is 6.37. The third-order valence-corrected chi connectivity index (χ3v) is 3.87. The Morgan fingerprint density at radius 3 is 2.86 bits per heavy atom. The highest BCUT2D eigenvalue weighted by Crippen LogP contribution is 2.24. The third kappa shape index (κ3) is 3.38. The lowest BCUT2D eigenvalue weighted by molar-refractivity contribution is 0.397. The van der Waals surface area contributed by atoms with Gasteiger partial charge in [0.2, 0.25) is 5.88 Å². The maximum absolute atomic E-state index is 5.05. The number of pyridine rings is 1. The molecule has 0 radical (unpaired) electrons. The van der Waals surface area contributed by atoms with E-state index in [-0.39, 0.29) is 0 Å². The molecule has 0 aliphatic carbocycles. The predicted molar refractivity (Wildman–Crippen MR) is 85.7 cm³/mol. The van der Waals surface area contributed by atoms with Crippen molar-refractivity contribution >= 4 is 17.0 Å². The van der Waals surface area contributed by atoms with Crippen LogP contribution in [0.15, 0.2) is 54.2 Å². The fourth-order valence-electron chi connectivity index (χ4n) is 1.97. The predicted octanol–water partition coefficient (Wildman–Crippen LogP) is 3.83. The molecule has 0 fully saturated rings. The molecule has 0 spiro atoms. The van der Waals surface area contributed by atoms with Crippen molar-refractivity contribution in [3.8, 4) is 16.5 Å². The van der Waals surface area contributed by atoms with E-state index in [1.54, 1.807) is 18.4 Å². The van der Waals surface area contributed by atoms with E-state index in [2.05, 4.69) is 27.4 Å². The van der Waals surface area contributed by atoms with Gasteiger partial charge in [-0.1, -0.05) is 18.2 Å². The van der Waals surface area contributed by atoms with Crippen LogP contribution in [0.5, 0.6) is 5.88 Å². The van der Waals surface area contributed by atoms with Gasteiger partial charge in [0.15, 0.2) is 0 Å². The molecule has 0 aliphatic heterocycles. The Labute approximate surface area is 127 Å². The van der Waals surface area contributed by atoms with Crippen LogP contribution >= 0.6 is 11.3 Å². The van der Waals surface area contributed by atoms with Gasteiger partial charge in [0.1, 0.15) is 5.01 Å². The topological polar surface area (TPSA) is 47.0 Å². The number of hydrogen-bond donors (Lipinski definition) is 1. The Balaban J connectivity index is 1.68. The summed E-state index contributed by atoms with van der Waals surface area (Å²) in [6.45, 7) is 0.721. The molecule has 0 saturated heterocycles. The van der Waals surface area contributed by atoms with Crippen molar-refractivity contribution in [3.05, 3.63) is 59.7 Å². The highest BCUT2D eigenvalue weighted by molar-refractivity contribution is 7.13. The molecule has 0 amide bonds. The second-order valence-electron chi connectivity index (χ2n) is 4.48. The van der Waals surface area contributed by atoms with Crippen LogP contribution in [0.25, 0.3) is 10.6 Å². The zero-order valence-electron chi connectivity index (χ0n) is 11.6. The minimum atomic E-state index is 0.629. The van der Waals surface area contributed by atoms with E-state index in [1.807, 2.05) is 42.0 Å². The van der Waals surface area contributed by atoms with E-state index in [4.69, 9.17) is 4.74 Å². The van der Waals surface area contributed by atoms with Gasteiger partial charge < -0.3 is 10.1 Å². The number of aromatic nitrogens is 2. The molecule has 0 atom stereocenters. The van der Waals surface area contributed by atoms with Crippen molar-refractivity contribution < 1.29 is 4.74 Å².